The third-order valence-corrected chi connectivity index (χ3v) is 32.7. The van der Waals surface area contributed by atoms with Crippen molar-refractivity contribution in [2.24, 2.45) is 0 Å². The van der Waals surface area contributed by atoms with Crippen LogP contribution in [-0.2, 0) is 67.6 Å². The van der Waals surface area contributed by atoms with Gasteiger partial charge in [-0.25, -0.2) is 0 Å². The van der Waals surface area contributed by atoms with Gasteiger partial charge in [0, 0.05) is 39.5 Å². The Bertz CT molecular complexity index is 5990. The molecule has 0 unspecified atom stereocenters. The van der Waals surface area contributed by atoms with Crippen LogP contribution in [0.3, 0.4) is 0 Å². The predicted molar refractivity (Wildman–Crippen MR) is 610 cm³/mol. The Hall–Kier alpha value is -11.3. The second kappa shape index (κ2) is 47.3. The molecule has 0 aromatic heterocycles. The van der Waals surface area contributed by atoms with Crippen molar-refractivity contribution in [2.45, 2.75) is 357 Å². The second-order valence-electron chi connectivity index (χ2n) is 43.6. The van der Waals surface area contributed by atoms with Crippen molar-refractivity contribution in [3.63, 3.8) is 0 Å². The van der Waals surface area contributed by atoms with E-state index in [1.807, 2.05) is 0 Å². The van der Waals surface area contributed by atoms with Gasteiger partial charge in [0.1, 0.15) is 0 Å². The number of rotatable bonds is 44. The van der Waals surface area contributed by atoms with Crippen molar-refractivity contribution in [3.05, 3.63) is 424 Å². The number of benzene rings is 14. The Morgan fingerprint density at radius 2 is 0.418 bits per heavy atom. The first-order chi connectivity index (χ1) is 68.9. The molecular weight excluding hydrogens is 1700 g/mol. The summed E-state index contributed by atoms with van der Waals surface area (Å²) in [6, 6.07) is 110. The van der Waals surface area contributed by atoms with Gasteiger partial charge in [-0.15, -0.1) is 0 Å². The smallest absolute Gasteiger partial charge is 0.0714 e. The quantitative estimate of drug-likeness (QED) is 0.0351. The number of hydrogen-bond acceptors (Lipinski definition) is 2. The maximum absolute atomic E-state index is 2.65. The van der Waals surface area contributed by atoms with Crippen LogP contribution < -0.4 is 9.80 Å². The minimum atomic E-state index is -0.335. The highest BCUT2D eigenvalue weighted by atomic mass is 15.1. The van der Waals surface area contributed by atoms with E-state index >= 15 is 0 Å². The Balaban J connectivity index is 0.000000152. The molecule has 2 heteroatoms. The normalized spacial score (nSPS) is 13.6. The van der Waals surface area contributed by atoms with Gasteiger partial charge in [-0.05, 0) is 352 Å². The molecule has 0 amide bonds. The lowest BCUT2D eigenvalue weighted by atomic mass is 9.65. The topological polar surface area (TPSA) is 6.48 Å². The number of hydrogen-bond donors (Lipinski definition) is 0. The highest BCUT2D eigenvalue weighted by Crippen LogP contribution is 2.62. The summed E-state index contributed by atoms with van der Waals surface area (Å²) in [5, 5.41) is 0. The van der Waals surface area contributed by atoms with Crippen molar-refractivity contribution < 1.29 is 0 Å². The van der Waals surface area contributed by atoms with Gasteiger partial charge in [-0.3, -0.25) is 0 Å². The molecule has 0 bridgehead atoms. The van der Waals surface area contributed by atoms with E-state index in [0.29, 0.717) is 0 Å². The summed E-state index contributed by atoms with van der Waals surface area (Å²) >= 11 is 0. The van der Waals surface area contributed by atoms with Gasteiger partial charge in [-0.1, -0.05) is 446 Å². The second-order valence-corrected chi connectivity index (χ2v) is 43.6. The van der Waals surface area contributed by atoms with Gasteiger partial charge in [-0.2, -0.15) is 0 Å². The fraction of sp³-hybridized carbons (Fsp3) is 0.396. The summed E-state index contributed by atoms with van der Waals surface area (Å²) in [7, 11) is 0. The van der Waals surface area contributed by atoms with Gasteiger partial charge in [0.25, 0.3) is 0 Å². The summed E-state index contributed by atoms with van der Waals surface area (Å²) in [4.78, 5) is 4.95. The van der Waals surface area contributed by atoms with Crippen molar-refractivity contribution >= 4 is 34.1 Å². The van der Waals surface area contributed by atoms with Gasteiger partial charge in [0.05, 0.1) is 10.8 Å². The molecule has 14 aromatic carbocycles. The van der Waals surface area contributed by atoms with E-state index in [2.05, 4.69) is 386 Å². The number of unbranched alkanes of at least 4 members (excludes halogenated alkanes) is 22. The van der Waals surface area contributed by atoms with Crippen LogP contribution in [0.1, 0.15) is 379 Å². The number of fused-ring (bicyclic) bond motifs is 11. The molecule has 0 radical (unpaired) electrons. The van der Waals surface area contributed by atoms with Crippen LogP contribution in [-0.4, -0.2) is 0 Å². The number of nitrogens with zero attached hydrogens (tertiary/aromatic N) is 2. The summed E-state index contributed by atoms with van der Waals surface area (Å²) in [5.74, 6) is 0. The first kappa shape index (κ1) is 101. The molecule has 0 aliphatic heterocycles. The Morgan fingerprint density at radius 1 is 0.184 bits per heavy atom. The summed E-state index contributed by atoms with van der Waals surface area (Å²) < 4.78 is 0. The molecule has 14 aromatic rings. The monoisotopic (exact) mass is 1860 g/mol. The zero-order valence-corrected chi connectivity index (χ0v) is 88.8. The molecule has 0 saturated heterocycles. The largest absolute Gasteiger partial charge is 0.310 e. The standard InChI is InChI=1S/C57H68N2.C51H70.C31H26/c1-7-9-11-13-15-17-39-57(40-18-16-14-12-10-8-2)55-41-51(58(47-27-19-43(3)20-28-47)48-29-21-44(4)22-30-48)35-37-53(55)54-38-36-52(42-56(54)57)59(49-31-23-45(5)24-32-49)50-33-25-46(6)26-34-50;1-7-11-15-19-23-41-33-42(24-20-16-12-8-2)36-45(35-41)51(49-31-39(5)27-29-47(49)48-30-28-40(6)32-50(48)51)46-37-43(25-21-17-13-9-3)34-44(38-46)26-22-18-14-10-4;1-19-3-13-27-28-14-4-20(2)16-30(28)31(29(27)15-19,25-11-9-21-5-7-23(21)17-25)26-12-10-22-6-8-24(22)18-26/h19-38,41-42H,7-18,39-40H2,1-6H3;27-38H,7-26H2,1-6H3;3-4,9-18H,5-8H2,1-2H3. The lowest BCUT2D eigenvalue weighted by molar-refractivity contribution is 0.398. The molecule has 0 spiro atoms. The summed E-state index contributed by atoms with van der Waals surface area (Å²) in [6.07, 6.45) is 48.4. The molecule has 5 aliphatic rings. The number of aryl methyl sites for hydroxylation is 16. The Morgan fingerprint density at radius 3 is 0.688 bits per heavy atom. The minimum absolute atomic E-state index is 0.0787. The molecule has 0 fully saturated rings. The maximum Gasteiger partial charge on any atom is 0.0714 e. The molecule has 0 N–H and O–H groups in total. The average molecular weight is 1860 g/mol. The van der Waals surface area contributed by atoms with E-state index in [-0.39, 0.29) is 16.2 Å². The van der Waals surface area contributed by atoms with Crippen molar-refractivity contribution in [1.29, 1.82) is 0 Å². The van der Waals surface area contributed by atoms with Crippen LogP contribution in [0.2, 0.25) is 0 Å². The first-order valence-corrected chi connectivity index (χ1v) is 56.0. The molecule has 2 nitrogen and oxygen atoms in total. The van der Waals surface area contributed by atoms with Crippen LogP contribution in [0.15, 0.2) is 279 Å². The van der Waals surface area contributed by atoms with Crippen molar-refractivity contribution in [2.75, 3.05) is 9.80 Å². The zero-order chi connectivity index (χ0) is 98.0. The van der Waals surface area contributed by atoms with Gasteiger partial charge >= 0.3 is 0 Å². The van der Waals surface area contributed by atoms with Crippen LogP contribution in [0.25, 0.3) is 33.4 Å². The average Bonchev–Trinajstić information content (AvgIpc) is 1.54. The third-order valence-electron chi connectivity index (χ3n) is 32.7. The van der Waals surface area contributed by atoms with Crippen LogP contribution in [0, 0.1) is 55.4 Å². The Kier molecular flexibility index (Phi) is 33.9. The fourth-order valence-electron chi connectivity index (χ4n) is 24.6. The summed E-state index contributed by atoms with van der Waals surface area (Å²) in [6.45, 7) is 31.7. The van der Waals surface area contributed by atoms with Gasteiger partial charge in [0.2, 0.25) is 0 Å². The van der Waals surface area contributed by atoms with E-state index in [0.717, 1.165) is 0 Å². The Labute approximate surface area is 852 Å². The van der Waals surface area contributed by atoms with E-state index < -0.39 is 0 Å². The molecule has 141 heavy (non-hydrogen) atoms. The molecule has 0 atom stereocenters. The van der Waals surface area contributed by atoms with Crippen LogP contribution in [0.4, 0.5) is 34.1 Å². The predicted octanol–water partition coefficient (Wildman–Crippen LogP) is 39.6. The molecule has 5 aliphatic carbocycles. The van der Waals surface area contributed by atoms with Gasteiger partial charge < -0.3 is 9.80 Å². The maximum atomic E-state index is 2.65. The lowest BCUT2D eigenvalue weighted by Gasteiger charge is -2.37. The van der Waals surface area contributed by atoms with Crippen LogP contribution in [0.5, 0.6) is 0 Å². The third kappa shape index (κ3) is 22.2. The highest BCUT2D eigenvalue weighted by Gasteiger charge is 2.50. The van der Waals surface area contributed by atoms with E-state index in [9.17, 15) is 0 Å². The zero-order valence-electron chi connectivity index (χ0n) is 88.8. The van der Waals surface area contributed by atoms with E-state index in [4.69, 9.17) is 0 Å². The van der Waals surface area contributed by atoms with E-state index in [1.165, 1.54) is 434 Å². The van der Waals surface area contributed by atoms with Crippen molar-refractivity contribution in [1.82, 2.24) is 0 Å². The van der Waals surface area contributed by atoms with Gasteiger partial charge in [0.15, 0.2) is 0 Å². The number of anilines is 6. The molecule has 730 valence electrons. The molecular formula is C139H164N2. The first-order valence-electron chi connectivity index (χ1n) is 56.0. The SMILES string of the molecule is CCCCCCCCC1(CCCCCCCC)c2cc(N(c3ccc(C)cc3)c3ccc(C)cc3)ccc2-c2ccc(N(c3ccc(C)cc3)c3ccc(C)cc3)cc21.CCCCCCc1cc(CCCCCC)cc(C2(c3cc(CCCCCC)cc(CCCCCC)c3)c3cc(C)ccc3-c3ccc(C)cc32)c1.Cc1ccc2c(c1)C(c1ccc3c(c1)CC3)(c1ccc3c(c1)CC3)c1cc(C)ccc1-2. The highest BCUT2D eigenvalue weighted by molar-refractivity contribution is 5.92. The van der Waals surface area contributed by atoms with Crippen molar-refractivity contribution in [3.8, 4) is 33.4 Å². The van der Waals surface area contributed by atoms with Crippen LogP contribution >= 0.6 is 0 Å². The van der Waals surface area contributed by atoms with E-state index in [1.54, 1.807) is 22.3 Å². The minimum Gasteiger partial charge on any atom is -0.310 e. The summed E-state index contributed by atoms with van der Waals surface area (Å²) in [5.41, 5.74) is 52.6. The lowest BCUT2D eigenvalue weighted by Crippen LogP contribution is -2.30. The molecule has 19 rings (SSSR count). The molecule has 0 saturated carbocycles. The fourth-order valence-corrected chi connectivity index (χ4v) is 24.6. The molecule has 0 heterocycles.